The number of fused-ring (bicyclic) bond motifs is 1. The predicted octanol–water partition coefficient (Wildman–Crippen LogP) is 2.50. The Morgan fingerprint density at radius 1 is 1.11 bits per heavy atom. The Morgan fingerprint density at radius 3 is 2.67 bits per heavy atom. The summed E-state index contributed by atoms with van der Waals surface area (Å²) in [4.78, 5) is 26.3. The lowest BCUT2D eigenvalue weighted by atomic mass is 10.1. The zero-order valence-corrected chi connectivity index (χ0v) is 14.4. The average Bonchev–Trinajstić information content (AvgIpc) is 3.12. The molecule has 27 heavy (non-hydrogen) atoms. The maximum absolute atomic E-state index is 11.9. The largest absolute Gasteiger partial charge is 0.492 e. The molecule has 0 saturated heterocycles. The van der Waals surface area contributed by atoms with Gasteiger partial charge in [-0.05, 0) is 42.0 Å². The summed E-state index contributed by atoms with van der Waals surface area (Å²) in [5.41, 5.74) is 3.85. The van der Waals surface area contributed by atoms with Crippen LogP contribution < -0.4 is 15.5 Å². The second-order valence-corrected chi connectivity index (χ2v) is 5.73. The van der Waals surface area contributed by atoms with Crippen LogP contribution in [0.15, 0.2) is 60.8 Å². The zero-order chi connectivity index (χ0) is 19.1. The van der Waals surface area contributed by atoms with Crippen LogP contribution in [0.5, 0.6) is 5.75 Å². The number of ether oxygens (including phenoxy) is 1. The number of carbonyl (C=O) groups is 2. The number of carbonyl (C=O) groups excluding carboxylic acids is 2. The molecule has 0 spiro atoms. The summed E-state index contributed by atoms with van der Waals surface area (Å²) in [5.74, 6) is -0.234. The van der Waals surface area contributed by atoms with E-state index in [1.165, 1.54) is 18.2 Å². The van der Waals surface area contributed by atoms with Crippen molar-refractivity contribution in [2.75, 3.05) is 13.2 Å². The number of hydrogen-bond acceptors (Lipinski definition) is 4. The van der Waals surface area contributed by atoms with Crippen LogP contribution >= 0.6 is 0 Å². The molecule has 4 N–H and O–H groups in total. The van der Waals surface area contributed by atoms with E-state index < -0.39 is 5.91 Å². The molecule has 0 aliphatic rings. The summed E-state index contributed by atoms with van der Waals surface area (Å²) in [6, 6.07) is 14.2. The van der Waals surface area contributed by atoms with Crippen molar-refractivity contribution in [1.29, 1.82) is 0 Å². The molecule has 0 saturated carbocycles. The van der Waals surface area contributed by atoms with Crippen molar-refractivity contribution in [3.05, 3.63) is 71.9 Å². The van der Waals surface area contributed by atoms with Gasteiger partial charge in [-0.2, -0.15) is 0 Å². The van der Waals surface area contributed by atoms with E-state index in [1.54, 1.807) is 23.7 Å². The summed E-state index contributed by atoms with van der Waals surface area (Å²) < 4.78 is 5.49. The Balaban J connectivity index is 1.44. The number of amides is 2. The van der Waals surface area contributed by atoms with Crippen molar-refractivity contribution in [2.45, 2.75) is 0 Å². The first-order valence-electron chi connectivity index (χ1n) is 8.36. The summed E-state index contributed by atoms with van der Waals surface area (Å²) in [7, 11) is 0. The quantitative estimate of drug-likeness (QED) is 0.223. The van der Waals surface area contributed by atoms with Crippen LogP contribution in [-0.4, -0.2) is 35.2 Å². The molecule has 2 aromatic carbocycles. The fraction of sp³-hybridized carbons (Fsp3) is 0.100. The van der Waals surface area contributed by atoms with Gasteiger partial charge in [0.1, 0.15) is 12.4 Å². The smallest absolute Gasteiger partial charge is 0.274 e. The molecule has 3 rings (SSSR count). The van der Waals surface area contributed by atoms with Gasteiger partial charge in [0.05, 0.1) is 6.54 Å². The monoisotopic (exact) mass is 365 g/mol. The maximum Gasteiger partial charge on any atom is 0.274 e. The first-order chi connectivity index (χ1) is 13.2. The maximum atomic E-state index is 11.9. The van der Waals surface area contributed by atoms with E-state index >= 15 is 0 Å². The van der Waals surface area contributed by atoms with Crippen LogP contribution in [0.2, 0.25) is 0 Å². The highest BCUT2D eigenvalue weighted by Gasteiger charge is 2.04. The van der Waals surface area contributed by atoms with Gasteiger partial charge in [-0.15, -0.1) is 0 Å². The SMILES string of the molecule is O=C(/C=C/c1c[nH]c2ccccc12)NCCOc1ccc(C(=O)NO)cc1. The van der Waals surface area contributed by atoms with Gasteiger partial charge in [0.15, 0.2) is 0 Å². The highest BCUT2D eigenvalue weighted by atomic mass is 16.5. The van der Waals surface area contributed by atoms with Gasteiger partial charge in [-0.25, -0.2) is 5.48 Å². The van der Waals surface area contributed by atoms with Crippen molar-refractivity contribution >= 4 is 28.8 Å². The standard InChI is InChI=1S/C20H19N3O4/c24-19(10-7-15-13-22-18-4-2-1-3-17(15)18)21-11-12-27-16-8-5-14(6-9-16)20(25)23-26/h1-10,13,22,26H,11-12H2,(H,21,24)(H,23,25)/b10-7+. The van der Waals surface area contributed by atoms with Crippen LogP contribution in [0.4, 0.5) is 0 Å². The number of para-hydroxylation sites is 1. The molecular weight excluding hydrogens is 346 g/mol. The molecule has 138 valence electrons. The van der Waals surface area contributed by atoms with E-state index in [4.69, 9.17) is 9.94 Å². The molecule has 0 aliphatic carbocycles. The molecule has 0 aliphatic heterocycles. The van der Waals surface area contributed by atoms with Gasteiger partial charge in [-0.3, -0.25) is 14.8 Å². The van der Waals surface area contributed by atoms with E-state index in [-0.39, 0.29) is 12.5 Å². The van der Waals surface area contributed by atoms with E-state index in [9.17, 15) is 9.59 Å². The van der Waals surface area contributed by atoms with Crippen molar-refractivity contribution in [3.63, 3.8) is 0 Å². The van der Waals surface area contributed by atoms with Gasteiger partial charge < -0.3 is 15.0 Å². The number of nitrogens with one attached hydrogen (secondary N) is 3. The van der Waals surface area contributed by atoms with Crippen molar-refractivity contribution in [2.24, 2.45) is 0 Å². The molecule has 7 nitrogen and oxygen atoms in total. The Kier molecular flexibility index (Phi) is 5.86. The Hall–Kier alpha value is -3.58. The lowest BCUT2D eigenvalue weighted by Crippen LogP contribution is -2.26. The van der Waals surface area contributed by atoms with Crippen molar-refractivity contribution in [3.8, 4) is 5.75 Å². The fourth-order valence-corrected chi connectivity index (χ4v) is 2.57. The van der Waals surface area contributed by atoms with Gasteiger partial charge in [-0.1, -0.05) is 18.2 Å². The fourth-order valence-electron chi connectivity index (χ4n) is 2.57. The molecule has 3 aromatic rings. The molecular formula is C20H19N3O4. The molecule has 0 bridgehead atoms. The Morgan fingerprint density at radius 2 is 1.89 bits per heavy atom. The molecule has 7 heteroatoms. The highest BCUT2D eigenvalue weighted by Crippen LogP contribution is 2.18. The number of hydrogen-bond donors (Lipinski definition) is 4. The number of aromatic nitrogens is 1. The van der Waals surface area contributed by atoms with Crippen LogP contribution in [0.3, 0.4) is 0 Å². The van der Waals surface area contributed by atoms with E-state index in [2.05, 4.69) is 10.3 Å². The minimum absolute atomic E-state index is 0.209. The number of rotatable bonds is 7. The number of benzene rings is 2. The summed E-state index contributed by atoms with van der Waals surface area (Å²) in [6.45, 7) is 0.633. The third-order valence-electron chi connectivity index (χ3n) is 3.92. The molecule has 0 radical (unpaired) electrons. The van der Waals surface area contributed by atoms with Crippen LogP contribution in [0.25, 0.3) is 17.0 Å². The van der Waals surface area contributed by atoms with Crippen LogP contribution in [-0.2, 0) is 4.79 Å². The number of H-pyrrole nitrogens is 1. The Labute approximate surface area is 155 Å². The predicted molar refractivity (Wildman–Crippen MR) is 102 cm³/mol. The highest BCUT2D eigenvalue weighted by molar-refractivity contribution is 5.96. The number of hydroxylamine groups is 1. The second kappa shape index (κ2) is 8.68. The van der Waals surface area contributed by atoms with Crippen LogP contribution in [0.1, 0.15) is 15.9 Å². The third kappa shape index (κ3) is 4.74. The van der Waals surface area contributed by atoms with Gasteiger partial charge in [0, 0.05) is 28.7 Å². The molecule has 0 atom stereocenters. The zero-order valence-electron chi connectivity index (χ0n) is 14.4. The lowest BCUT2D eigenvalue weighted by Gasteiger charge is -2.07. The minimum atomic E-state index is -0.587. The minimum Gasteiger partial charge on any atom is -0.492 e. The number of aromatic amines is 1. The topological polar surface area (TPSA) is 103 Å². The van der Waals surface area contributed by atoms with Crippen molar-refractivity contribution in [1.82, 2.24) is 15.8 Å². The van der Waals surface area contributed by atoms with Gasteiger partial charge in [0.2, 0.25) is 5.91 Å². The molecule has 2 amide bonds. The average molecular weight is 365 g/mol. The van der Waals surface area contributed by atoms with E-state index in [1.807, 2.05) is 30.5 Å². The first-order valence-corrected chi connectivity index (χ1v) is 8.36. The molecule has 0 unspecified atom stereocenters. The molecule has 1 heterocycles. The van der Waals surface area contributed by atoms with Crippen molar-refractivity contribution < 1.29 is 19.5 Å². The Bertz CT molecular complexity index is 961. The lowest BCUT2D eigenvalue weighted by molar-refractivity contribution is -0.116. The molecule has 0 fully saturated rings. The summed E-state index contributed by atoms with van der Waals surface area (Å²) in [6.07, 6.45) is 5.11. The van der Waals surface area contributed by atoms with E-state index in [0.29, 0.717) is 17.9 Å². The first kappa shape index (κ1) is 18.2. The molecule has 1 aromatic heterocycles. The summed E-state index contributed by atoms with van der Waals surface area (Å²) in [5, 5.41) is 12.4. The van der Waals surface area contributed by atoms with Gasteiger partial charge >= 0.3 is 0 Å². The van der Waals surface area contributed by atoms with Crippen LogP contribution in [0, 0.1) is 0 Å². The normalized spacial score (nSPS) is 10.9. The second-order valence-electron chi connectivity index (χ2n) is 5.73. The summed E-state index contributed by atoms with van der Waals surface area (Å²) >= 11 is 0. The van der Waals surface area contributed by atoms with Gasteiger partial charge in [0.25, 0.3) is 5.91 Å². The third-order valence-corrected chi connectivity index (χ3v) is 3.92. The van der Waals surface area contributed by atoms with E-state index in [0.717, 1.165) is 16.5 Å².